The summed E-state index contributed by atoms with van der Waals surface area (Å²) < 4.78 is 11.4. The number of anilines is 1. The monoisotopic (exact) mass is 276 g/mol. The SMILES string of the molecule is Cc1ccc(NC(=O)N2CCCC3(C2)OCCO3)cc1. The smallest absolute Gasteiger partial charge is 0.322 e. The molecule has 5 nitrogen and oxygen atoms in total. The minimum absolute atomic E-state index is 0.0907. The lowest BCUT2D eigenvalue weighted by Gasteiger charge is -2.38. The lowest BCUT2D eigenvalue weighted by molar-refractivity contribution is -0.182. The van der Waals surface area contributed by atoms with Crippen molar-refractivity contribution in [2.75, 3.05) is 31.6 Å². The second kappa shape index (κ2) is 5.42. The van der Waals surface area contributed by atoms with Crippen molar-refractivity contribution in [2.24, 2.45) is 0 Å². The molecule has 2 heterocycles. The molecule has 20 heavy (non-hydrogen) atoms. The first-order valence-corrected chi connectivity index (χ1v) is 7.07. The summed E-state index contributed by atoms with van der Waals surface area (Å²) in [6.07, 6.45) is 1.77. The highest BCUT2D eigenvalue weighted by Gasteiger charge is 2.42. The third kappa shape index (κ3) is 2.78. The van der Waals surface area contributed by atoms with Crippen LogP contribution in [0.1, 0.15) is 18.4 Å². The van der Waals surface area contributed by atoms with Gasteiger partial charge >= 0.3 is 6.03 Å². The molecule has 2 fully saturated rings. The van der Waals surface area contributed by atoms with Crippen LogP contribution in [-0.4, -0.2) is 43.0 Å². The molecule has 0 saturated carbocycles. The quantitative estimate of drug-likeness (QED) is 0.856. The van der Waals surface area contributed by atoms with Crippen molar-refractivity contribution < 1.29 is 14.3 Å². The number of aryl methyl sites for hydroxylation is 1. The summed E-state index contributed by atoms with van der Waals surface area (Å²) in [5, 5.41) is 2.92. The van der Waals surface area contributed by atoms with Gasteiger partial charge in [-0.2, -0.15) is 0 Å². The van der Waals surface area contributed by atoms with Gasteiger partial charge in [-0.05, 0) is 25.5 Å². The van der Waals surface area contributed by atoms with E-state index in [9.17, 15) is 4.79 Å². The number of ether oxygens (including phenoxy) is 2. The van der Waals surface area contributed by atoms with Crippen LogP contribution in [0.15, 0.2) is 24.3 Å². The van der Waals surface area contributed by atoms with Gasteiger partial charge < -0.3 is 19.7 Å². The standard InChI is InChI=1S/C15H20N2O3/c1-12-3-5-13(6-4-12)16-14(18)17-8-2-7-15(11-17)19-9-10-20-15/h3-6H,2,7-11H2,1H3,(H,16,18). The molecule has 1 aromatic carbocycles. The van der Waals surface area contributed by atoms with E-state index in [-0.39, 0.29) is 6.03 Å². The zero-order valence-corrected chi connectivity index (χ0v) is 11.7. The van der Waals surface area contributed by atoms with Gasteiger partial charge in [-0.15, -0.1) is 0 Å². The Morgan fingerprint density at radius 2 is 1.95 bits per heavy atom. The van der Waals surface area contributed by atoms with Crippen LogP contribution in [0.2, 0.25) is 0 Å². The number of piperidine rings is 1. The molecule has 0 unspecified atom stereocenters. The van der Waals surface area contributed by atoms with E-state index in [1.54, 1.807) is 4.90 Å². The van der Waals surface area contributed by atoms with E-state index in [1.807, 2.05) is 31.2 Å². The van der Waals surface area contributed by atoms with E-state index in [2.05, 4.69) is 5.32 Å². The summed E-state index contributed by atoms with van der Waals surface area (Å²) in [6, 6.07) is 7.70. The van der Waals surface area contributed by atoms with Crippen LogP contribution in [0.3, 0.4) is 0 Å². The van der Waals surface area contributed by atoms with Crippen molar-refractivity contribution in [2.45, 2.75) is 25.6 Å². The molecule has 108 valence electrons. The fourth-order valence-electron chi connectivity index (χ4n) is 2.73. The zero-order valence-electron chi connectivity index (χ0n) is 11.7. The van der Waals surface area contributed by atoms with Crippen molar-refractivity contribution in [3.8, 4) is 0 Å². The Morgan fingerprint density at radius 3 is 2.65 bits per heavy atom. The van der Waals surface area contributed by atoms with Crippen LogP contribution in [-0.2, 0) is 9.47 Å². The van der Waals surface area contributed by atoms with Crippen LogP contribution in [0.25, 0.3) is 0 Å². The maximum Gasteiger partial charge on any atom is 0.322 e. The summed E-state index contributed by atoms with van der Waals surface area (Å²) in [7, 11) is 0. The summed E-state index contributed by atoms with van der Waals surface area (Å²) in [5.41, 5.74) is 1.99. The number of urea groups is 1. The first-order chi connectivity index (χ1) is 9.67. The fourth-order valence-corrected chi connectivity index (χ4v) is 2.73. The molecule has 0 aromatic heterocycles. The number of nitrogens with zero attached hydrogens (tertiary/aromatic N) is 1. The Morgan fingerprint density at radius 1 is 1.25 bits per heavy atom. The van der Waals surface area contributed by atoms with Crippen LogP contribution in [0.4, 0.5) is 10.5 Å². The van der Waals surface area contributed by atoms with Gasteiger partial charge in [0, 0.05) is 18.7 Å². The van der Waals surface area contributed by atoms with Gasteiger partial charge in [-0.25, -0.2) is 4.79 Å². The van der Waals surface area contributed by atoms with Crippen LogP contribution >= 0.6 is 0 Å². The van der Waals surface area contributed by atoms with Crippen molar-refractivity contribution in [3.63, 3.8) is 0 Å². The van der Waals surface area contributed by atoms with Gasteiger partial charge in [0.05, 0.1) is 19.8 Å². The number of rotatable bonds is 1. The highest BCUT2D eigenvalue weighted by Crippen LogP contribution is 2.30. The Balaban J connectivity index is 1.63. The summed E-state index contributed by atoms with van der Waals surface area (Å²) >= 11 is 0. The van der Waals surface area contributed by atoms with Crippen molar-refractivity contribution in [1.82, 2.24) is 4.90 Å². The predicted molar refractivity (Wildman–Crippen MR) is 75.6 cm³/mol. The molecule has 1 N–H and O–H groups in total. The number of nitrogens with one attached hydrogen (secondary N) is 1. The number of carbonyl (C=O) groups is 1. The van der Waals surface area contributed by atoms with Gasteiger partial charge in [-0.1, -0.05) is 17.7 Å². The lowest BCUT2D eigenvalue weighted by Crippen LogP contribution is -2.52. The lowest BCUT2D eigenvalue weighted by atomic mass is 10.1. The molecule has 5 heteroatoms. The van der Waals surface area contributed by atoms with Crippen LogP contribution in [0, 0.1) is 6.92 Å². The van der Waals surface area contributed by atoms with E-state index in [1.165, 1.54) is 5.56 Å². The van der Waals surface area contributed by atoms with Crippen molar-refractivity contribution in [1.29, 1.82) is 0 Å². The molecule has 0 atom stereocenters. The molecule has 1 spiro atoms. The van der Waals surface area contributed by atoms with E-state index in [0.29, 0.717) is 19.8 Å². The van der Waals surface area contributed by atoms with Gasteiger partial charge in [0.15, 0.2) is 5.79 Å². The van der Waals surface area contributed by atoms with Crippen LogP contribution < -0.4 is 5.32 Å². The highest BCUT2D eigenvalue weighted by atomic mass is 16.7. The Labute approximate surface area is 118 Å². The first kappa shape index (κ1) is 13.4. The molecule has 0 radical (unpaired) electrons. The number of likely N-dealkylation sites (tertiary alicyclic amines) is 1. The van der Waals surface area contributed by atoms with Gasteiger partial charge in [-0.3, -0.25) is 0 Å². The van der Waals surface area contributed by atoms with Crippen molar-refractivity contribution in [3.05, 3.63) is 29.8 Å². The minimum Gasteiger partial charge on any atom is -0.346 e. The number of benzene rings is 1. The number of hydrogen-bond acceptors (Lipinski definition) is 3. The summed E-state index contributed by atoms with van der Waals surface area (Å²) in [6.45, 7) is 4.51. The Kier molecular flexibility index (Phi) is 3.63. The maximum absolute atomic E-state index is 12.3. The van der Waals surface area contributed by atoms with Gasteiger partial charge in [0.25, 0.3) is 0 Å². The molecule has 0 aliphatic carbocycles. The molecule has 2 amide bonds. The maximum atomic E-state index is 12.3. The van der Waals surface area contributed by atoms with Crippen LogP contribution in [0.5, 0.6) is 0 Å². The molecule has 0 bridgehead atoms. The fraction of sp³-hybridized carbons (Fsp3) is 0.533. The third-order valence-corrected chi connectivity index (χ3v) is 3.82. The zero-order chi connectivity index (χ0) is 14.0. The van der Waals surface area contributed by atoms with Crippen molar-refractivity contribution >= 4 is 11.7 Å². The second-order valence-electron chi connectivity index (χ2n) is 5.43. The molecular weight excluding hydrogens is 256 g/mol. The van der Waals surface area contributed by atoms with E-state index >= 15 is 0 Å². The molecule has 2 aliphatic rings. The van der Waals surface area contributed by atoms with E-state index in [4.69, 9.17) is 9.47 Å². The normalized spacial score (nSPS) is 21.1. The average molecular weight is 276 g/mol. The topological polar surface area (TPSA) is 50.8 Å². The summed E-state index contributed by atoms with van der Waals surface area (Å²) in [5.74, 6) is -0.567. The predicted octanol–water partition coefficient (Wildman–Crippen LogP) is 2.37. The largest absolute Gasteiger partial charge is 0.346 e. The Bertz CT molecular complexity index is 480. The number of hydrogen-bond donors (Lipinski definition) is 1. The summed E-state index contributed by atoms with van der Waals surface area (Å²) in [4.78, 5) is 14.1. The number of carbonyl (C=O) groups excluding carboxylic acids is 1. The Hall–Kier alpha value is -1.59. The van der Waals surface area contributed by atoms with Gasteiger partial charge in [0.2, 0.25) is 0 Å². The number of amides is 2. The highest BCUT2D eigenvalue weighted by molar-refractivity contribution is 5.89. The van der Waals surface area contributed by atoms with E-state index < -0.39 is 5.79 Å². The first-order valence-electron chi connectivity index (χ1n) is 7.07. The molecule has 3 rings (SSSR count). The second-order valence-corrected chi connectivity index (χ2v) is 5.43. The molecular formula is C15H20N2O3. The average Bonchev–Trinajstić information content (AvgIpc) is 2.89. The van der Waals surface area contributed by atoms with E-state index in [0.717, 1.165) is 25.1 Å². The molecule has 2 aliphatic heterocycles. The minimum atomic E-state index is -0.567. The molecule has 1 aromatic rings. The molecule has 2 saturated heterocycles. The third-order valence-electron chi connectivity index (χ3n) is 3.82. The van der Waals surface area contributed by atoms with Gasteiger partial charge in [0.1, 0.15) is 0 Å².